The molecule has 0 unspecified atom stereocenters. The van der Waals surface area contributed by atoms with Gasteiger partial charge >= 0.3 is 0 Å². The lowest BCUT2D eigenvalue weighted by molar-refractivity contribution is -0.140. The quantitative estimate of drug-likeness (QED) is 0.441. The molecule has 1 fully saturated rings. The van der Waals surface area contributed by atoms with Gasteiger partial charge in [0.2, 0.25) is 11.8 Å². The lowest BCUT2D eigenvalue weighted by Gasteiger charge is -2.41. The van der Waals surface area contributed by atoms with Crippen molar-refractivity contribution in [3.63, 3.8) is 0 Å². The molecule has 2 amide bonds. The van der Waals surface area contributed by atoms with E-state index in [1.54, 1.807) is 0 Å². The Morgan fingerprint density at radius 3 is 2.11 bits per heavy atom. The fraction of sp³-hybridized carbons (Fsp3) is 0.375. The second-order valence-electron chi connectivity index (χ2n) is 10.2. The van der Waals surface area contributed by atoms with Crippen LogP contribution in [-0.4, -0.2) is 36.3 Å². The average Bonchev–Trinajstić information content (AvgIpc) is 2.90. The summed E-state index contributed by atoms with van der Waals surface area (Å²) in [6, 6.07) is 26.9. The maximum Gasteiger partial charge on any atom is 0.226 e. The Bertz CT molecular complexity index is 1150. The molecule has 188 valence electrons. The van der Waals surface area contributed by atoms with Crippen molar-refractivity contribution in [3.05, 3.63) is 107 Å². The fourth-order valence-corrected chi connectivity index (χ4v) is 5.33. The number of nitrogens with one attached hydrogen (secondary N) is 1. The number of aryl methyl sites for hydroxylation is 3. The van der Waals surface area contributed by atoms with E-state index < -0.39 is 5.41 Å². The fourth-order valence-electron chi connectivity index (χ4n) is 5.33. The first kappa shape index (κ1) is 25.7. The average molecular weight is 483 g/mol. The first-order valence-electron chi connectivity index (χ1n) is 13.2. The van der Waals surface area contributed by atoms with E-state index >= 15 is 0 Å². The molecule has 4 heteroatoms. The molecule has 1 aliphatic rings. The monoisotopic (exact) mass is 482 g/mol. The Morgan fingerprint density at radius 1 is 0.833 bits per heavy atom. The Kier molecular flexibility index (Phi) is 8.58. The molecule has 36 heavy (non-hydrogen) atoms. The van der Waals surface area contributed by atoms with Gasteiger partial charge in [0.15, 0.2) is 0 Å². The highest BCUT2D eigenvalue weighted by molar-refractivity contribution is 5.84. The van der Waals surface area contributed by atoms with Crippen LogP contribution >= 0.6 is 0 Å². The van der Waals surface area contributed by atoms with Gasteiger partial charge in [0.25, 0.3) is 0 Å². The molecular formula is C32H38N2O2. The zero-order valence-electron chi connectivity index (χ0n) is 21.6. The molecule has 1 N–H and O–H groups in total. The number of rotatable bonds is 9. The highest BCUT2D eigenvalue weighted by atomic mass is 16.2. The molecule has 1 heterocycles. The number of amides is 2. The van der Waals surface area contributed by atoms with E-state index in [0.717, 1.165) is 12.8 Å². The zero-order valence-corrected chi connectivity index (χ0v) is 21.6. The number of piperidine rings is 1. The zero-order chi connectivity index (χ0) is 25.4. The maximum atomic E-state index is 13.6. The molecule has 4 rings (SSSR count). The molecule has 3 aromatic carbocycles. The molecule has 3 aromatic rings. The molecule has 1 aliphatic heterocycles. The molecule has 0 aliphatic carbocycles. The number of hydrogen-bond acceptors (Lipinski definition) is 2. The van der Waals surface area contributed by atoms with Gasteiger partial charge in [0.1, 0.15) is 0 Å². The number of hydrogen-bond donors (Lipinski definition) is 1. The second-order valence-corrected chi connectivity index (χ2v) is 10.2. The van der Waals surface area contributed by atoms with Crippen LogP contribution in [0.25, 0.3) is 0 Å². The second kappa shape index (κ2) is 12.0. The third kappa shape index (κ3) is 6.63. The van der Waals surface area contributed by atoms with Crippen LogP contribution in [0.4, 0.5) is 0 Å². The van der Waals surface area contributed by atoms with Crippen molar-refractivity contribution in [2.45, 2.75) is 52.4 Å². The SMILES string of the molecule is Cc1ccc(CCNC(=O)C2(Cc3ccccc3)CCN(C(=O)CCc3ccccc3)CC2)c(C)c1. The van der Waals surface area contributed by atoms with Crippen LogP contribution in [0.5, 0.6) is 0 Å². The lowest BCUT2D eigenvalue weighted by Crippen LogP contribution is -2.51. The summed E-state index contributed by atoms with van der Waals surface area (Å²) in [4.78, 5) is 28.5. The topological polar surface area (TPSA) is 49.4 Å². The van der Waals surface area contributed by atoms with Gasteiger partial charge < -0.3 is 10.2 Å². The van der Waals surface area contributed by atoms with E-state index in [9.17, 15) is 9.59 Å². The van der Waals surface area contributed by atoms with Crippen molar-refractivity contribution in [1.29, 1.82) is 0 Å². The van der Waals surface area contributed by atoms with Gasteiger partial charge in [-0.25, -0.2) is 0 Å². The van der Waals surface area contributed by atoms with Crippen molar-refractivity contribution in [2.75, 3.05) is 19.6 Å². The van der Waals surface area contributed by atoms with E-state index in [1.807, 2.05) is 41.3 Å². The predicted molar refractivity (Wildman–Crippen MR) is 146 cm³/mol. The Labute approximate surface area is 215 Å². The minimum absolute atomic E-state index is 0.118. The Morgan fingerprint density at radius 2 is 1.47 bits per heavy atom. The molecule has 0 bridgehead atoms. The Balaban J connectivity index is 1.38. The van der Waals surface area contributed by atoms with Crippen molar-refractivity contribution >= 4 is 11.8 Å². The highest BCUT2D eigenvalue weighted by Gasteiger charge is 2.42. The van der Waals surface area contributed by atoms with E-state index in [4.69, 9.17) is 0 Å². The van der Waals surface area contributed by atoms with Crippen LogP contribution in [0.1, 0.15) is 47.1 Å². The summed E-state index contributed by atoms with van der Waals surface area (Å²) in [6.07, 6.45) is 4.17. The van der Waals surface area contributed by atoms with Gasteiger partial charge in [-0.3, -0.25) is 9.59 Å². The first-order valence-corrected chi connectivity index (χ1v) is 13.2. The summed E-state index contributed by atoms with van der Waals surface area (Å²) in [5.74, 6) is 0.301. The van der Waals surface area contributed by atoms with Crippen LogP contribution in [0.2, 0.25) is 0 Å². The molecule has 0 saturated carbocycles. The van der Waals surface area contributed by atoms with Crippen LogP contribution < -0.4 is 5.32 Å². The van der Waals surface area contributed by atoms with Crippen molar-refractivity contribution in [2.24, 2.45) is 5.41 Å². The lowest BCUT2D eigenvalue weighted by atomic mass is 9.72. The van der Waals surface area contributed by atoms with Crippen LogP contribution in [0.15, 0.2) is 78.9 Å². The van der Waals surface area contributed by atoms with E-state index in [2.05, 4.69) is 61.6 Å². The highest BCUT2D eigenvalue weighted by Crippen LogP contribution is 2.36. The van der Waals surface area contributed by atoms with Crippen LogP contribution in [0, 0.1) is 19.3 Å². The molecule has 0 radical (unpaired) electrons. The third-order valence-electron chi connectivity index (χ3n) is 7.59. The van der Waals surface area contributed by atoms with Crippen LogP contribution in [-0.2, 0) is 28.9 Å². The number of nitrogens with zero attached hydrogens (tertiary/aromatic N) is 1. The van der Waals surface area contributed by atoms with Crippen molar-refractivity contribution in [1.82, 2.24) is 10.2 Å². The molecule has 0 aromatic heterocycles. The maximum absolute atomic E-state index is 13.6. The normalized spacial score (nSPS) is 14.9. The minimum atomic E-state index is -0.486. The predicted octanol–water partition coefficient (Wildman–Crippen LogP) is 5.45. The first-order chi connectivity index (χ1) is 17.4. The van der Waals surface area contributed by atoms with E-state index in [0.29, 0.717) is 45.3 Å². The third-order valence-corrected chi connectivity index (χ3v) is 7.59. The summed E-state index contributed by atoms with van der Waals surface area (Å²) in [5, 5.41) is 3.25. The van der Waals surface area contributed by atoms with E-state index in [1.165, 1.54) is 27.8 Å². The van der Waals surface area contributed by atoms with E-state index in [-0.39, 0.29) is 11.8 Å². The summed E-state index contributed by atoms with van der Waals surface area (Å²) >= 11 is 0. The van der Waals surface area contributed by atoms with Gasteiger partial charge in [0.05, 0.1) is 5.41 Å². The summed E-state index contributed by atoms with van der Waals surface area (Å²) in [7, 11) is 0. The van der Waals surface area contributed by atoms with Crippen molar-refractivity contribution in [3.8, 4) is 0 Å². The number of carbonyl (C=O) groups is 2. The number of likely N-dealkylation sites (tertiary alicyclic amines) is 1. The molecule has 4 nitrogen and oxygen atoms in total. The largest absolute Gasteiger partial charge is 0.355 e. The smallest absolute Gasteiger partial charge is 0.226 e. The summed E-state index contributed by atoms with van der Waals surface area (Å²) in [6.45, 7) is 6.12. The molecule has 0 atom stereocenters. The summed E-state index contributed by atoms with van der Waals surface area (Å²) in [5.41, 5.74) is 5.67. The number of benzene rings is 3. The summed E-state index contributed by atoms with van der Waals surface area (Å²) < 4.78 is 0. The van der Waals surface area contributed by atoms with Gasteiger partial charge in [-0.05, 0) is 68.2 Å². The standard InChI is InChI=1S/C32H38N2O2/c1-25-13-15-29(26(2)23-25)17-20-33-31(36)32(24-28-11-7-4-8-12-28)18-21-34(22-19-32)30(35)16-14-27-9-5-3-6-10-27/h3-13,15,23H,14,16-22,24H2,1-2H3,(H,33,36). The van der Waals surface area contributed by atoms with Crippen LogP contribution in [0.3, 0.4) is 0 Å². The number of carbonyl (C=O) groups excluding carboxylic acids is 2. The minimum Gasteiger partial charge on any atom is -0.355 e. The molecule has 0 spiro atoms. The molecular weight excluding hydrogens is 444 g/mol. The molecule has 1 saturated heterocycles. The Hall–Kier alpha value is -3.40. The van der Waals surface area contributed by atoms with Gasteiger partial charge in [-0.2, -0.15) is 0 Å². The van der Waals surface area contributed by atoms with Gasteiger partial charge in [-0.15, -0.1) is 0 Å². The van der Waals surface area contributed by atoms with Gasteiger partial charge in [-0.1, -0.05) is 84.4 Å². The van der Waals surface area contributed by atoms with Gasteiger partial charge in [0, 0.05) is 26.1 Å². The van der Waals surface area contributed by atoms with Crippen molar-refractivity contribution < 1.29 is 9.59 Å².